The number of aryl methyl sites for hydroxylation is 1. The molecule has 148 valence electrons. The molecule has 6 heteroatoms. The second kappa shape index (κ2) is 5.81. The summed E-state index contributed by atoms with van der Waals surface area (Å²) in [6.45, 7) is 4.41. The summed E-state index contributed by atoms with van der Waals surface area (Å²) in [4.78, 5) is 8.46. The normalized spacial score (nSPS) is 27.3. The summed E-state index contributed by atoms with van der Waals surface area (Å²) < 4.78 is 41.0. The molecule has 3 unspecified atom stereocenters. The molecular formula is C23H19F3N2O. The smallest absolute Gasteiger partial charge is 0.406 e. The van der Waals surface area contributed by atoms with E-state index in [1.54, 1.807) is 18.5 Å². The van der Waals surface area contributed by atoms with Crippen LogP contribution in [0.1, 0.15) is 30.0 Å². The van der Waals surface area contributed by atoms with Crippen molar-refractivity contribution in [2.75, 3.05) is 0 Å². The van der Waals surface area contributed by atoms with Crippen molar-refractivity contribution < 1.29 is 17.9 Å². The number of rotatable bonds is 4. The number of halogens is 3. The van der Waals surface area contributed by atoms with Crippen LogP contribution in [-0.4, -0.2) is 16.3 Å². The highest BCUT2D eigenvalue weighted by Gasteiger charge is 2.87. The van der Waals surface area contributed by atoms with E-state index in [1.165, 1.54) is 24.1 Å². The van der Waals surface area contributed by atoms with Crippen LogP contribution in [0, 0.1) is 18.3 Å². The van der Waals surface area contributed by atoms with Gasteiger partial charge in [0.05, 0.1) is 0 Å². The van der Waals surface area contributed by atoms with Crippen LogP contribution in [0.2, 0.25) is 0 Å². The van der Waals surface area contributed by atoms with Crippen LogP contribution in [0.3, 0.4) is 0 Å². The molecule has 29 heavy (non-hydrogen) atoms. The maximum absolute atomic E-state index is 12.4. The highest BCUT2D eigenvalue weighted by atomic mass is 19.4. The van der Waals surface area contributed by atoms with Gasteiger partial charge in [-0.3, -0.25) is 0 Å². The zero-order chi connectivity index (χ0) is 20.4. The van der Waals surface area contributed by atoms with Crippen molar-refractivity contribution in [3.8, 4) is 16.9 Å². The Morgan fingerprint density at radius 1 is 1.00 bits per heavy atom. The minimum absolute atomic E-state index is 0.0265. The van der Waals surface area contributed by atoms with Crippen molar-refractivity contribution >= 4 is 0 Å². The van der Waals surface area contributed by atoms with E-state index in [2.05, 4.69) is 40.7 Å². The molecule has 0 bridgehead atoms. The maximum Gasteiger partial charge on any atom is 0.573 e. The van der Waals surface area contributed by atoms with E-state index < -0.39 is 6.36 Å². The molecule has 3 nitrogen and oxygen atoms in total. The summed E-state index contributed by atoms with van der Waals surface area (Å²) in [5, 5.41) is 0. The van der Waals surface area contributed by atoms with Gasteiger partial charge in [0.25, 0.3) is 0 Å². The van der Waals surface area contributed by atoms with Crippen molar-refractivity contribution in [2.24, 2.45) is 11.3 Å². The predicted octanol–water partition coefficient (Wildman–Crippen LogP) is 5.68. The molecule has 5 rings (SSSR count). The number of benzene rings is 2. The van der Waals surface area contributed by atoms with E-state index >= 15 is 0 Å². The van der Waals surface area contributed by atoms with E-state index in [0.29, 0.717) is 5.92 Å². The van der Waals surface area contributed by atoms with Gasteiger partial charge >= 0.3 is 6.36 Å². The number of alkyl halides is 3. The third kappa shape index (κ3) is 2.65. The van der Waals surface area contributed by atoms with E-state index in [1.807, 2.05) is 18.5 Å². The summed E-state index contributed by atoms with van der Waals surface area (Å²) in [7, 11) is 0. The third-order valence-electron chi connectivity index (χ3n) is 6.67. The first kappa shape index (κ1) is 18.2. The molecule has 2 aliphatic carbocycles. The maximum atomic E-state index is 12.4. The van der Waals surface area contributed by atoms with Crippen LogP contribution >= 0.6 is 0 Å². The zero-order valence-electron chi connectivity index (χ0n) is 16.0. The molecule has 0 aliphatic heterocycles. The molecule has 3 aromatic rings. The highest BCUT2D eigenvalue weighted by Crippen LogP contribution is 2.89. The predicted molar refractivity (Wildman–Crippen MR) is 102 cm³/mol. The summed E-state index contributed by atoms with van der Waals surface area (Å²) in [5.74, 6) is 0.396. The quantitative estimate of drug-likeness (QED) is 0.569. The number of hydrogen-bond donors (Lipinski definition) is 0. The van der Waals surface area contributed by atoms with Crippen LogP contribution in [-0.2, 0) is 5.41 Å². The van der Waals surface area contributed by atoms with Crippen molar-refractivity contribution in [1.82, 2.24) is 9.97 Å². The summed E-state index contributed by atoms with van der Waals surface area (Å²) >= 11 is 0. The van der Waals surface area contributed by atoms with Crippen LogP contribution in [0.4, 0.5) is 13.2 Å². The van der Waals surface area contributed by atoms with E-state index in [0.717, 1.165) is 22.3 Å². The Kier molecular flexibility index (Phi) is 3.64. The molecule has 1 aromatic heterocycles. The van der Waals surface area contributed by atoms with Crippen molar-refractivity contribution in [3.05, 3.63) is 77.9 Å². The van der Waals surface area contributed by atoms with Gasteiger partial charge in [-0.2, -0.15) is 0 Å². The van der Waals surface area contributed by atoms with Crippen LogP contribution in [0.5, 0.6) is 5.75 Å². The minimum atomic E-state index is -4.68. The molecular weight excluding hydrogens is 377 g/mol. The first-order valence-electron chi connectivity index (χ1n) is 9.48. The molecule has 0 amide bonds. The average molecular weight is 396 g/mol. The first-order chi connectivity index (χ1) is 13.8. The van der Waals surface area contributed by atoms with E-state index in [-0.39, 0.29) is 16.6 Å². The van der Waals surface area contributed by atoms with Gasteiger partial charge in [0.1, 0.15) is 12.1 Å². The van der Waals surface area contributed by atoms with Gasteiger partial charge in [-0.25, -0.2) is 9.97 Å². The summed E-state index contributed by atoms with van der Waals surface area (Å²) in [6.07, 6.45) is 1.91. The molecule has 0 radical (unpaired) electrons. The Balaban J connectivity index is 1.47. The fourth-order valence-corrected chi connectivity index (χ4v) is 5.14. The SMILES string of the molecule is Cc1cc(-c2ccc(OC(F)(F)F)cc2)ccc1C1(c2cncnc2)C2CC21C. The lowest BCUT2D eigenvalue weighted by atomic mass is 9.75. The minimum Gasteiger partial charge on any atom is -0.406 e. The zero-order valence-corrected chi connectivity index (χ0v) is 16.0. The fraction of sp³-hybridized carbons (Fsp3) is 0.304. The molecule has 1 heterocycles. The van der Waals surface area contributed by atoms with Gasteiger partial charge in [0.2, 0.25) is 0 Å². The van der Waals surface area contributed by atoms with Gasteiger partial charge in [0, 0.05) is 23.4 Å². The Morgan fingerprint density at radius 2 is 1.62 bits per heavy atom. The Hall–Kier alpha value is -2.89. The van der Waals surface area contributed by atoms with Crippen LogP contribution in [0.25, 0.3) is 11.1 Å². The molecule has 2 saturated carbocycles. The number of aromatic nitrogens is 2. The lowest BCUT2D eigenvalue weighted by molar-refractivity contribution is -0.274. The standard InChI is InChI=1S/C23H19F3N2O/c1-14-9-16(15-3-6-18(7-4-15)29-23(24,25)26)5-8-19(14)22(20-10-21(20,22)2)17-11-27-13-28-12-17/h3-9,11-13,20H,10H2,1-2H3. The number of nitrogens with zero attached hydrogens (tertiary/aromatic N) is 2. The van der Waals surface area contributed by atoms with Crippen molar-refractivity contribution in [1.29, 1.82) is 0 Å². The van der Waals surface area contributed by atoms with Gasteiger partial charge in [-0.1, -0.05) is 37.3 Å². The number of ether oxygens (including phenoxy) is 1. The topological polar surface area (TPSA) is 35.0 Å². The molecule has 2 aromatic carbocycles. The molecule has 0 N–H and O–H groups in total. The second-order valence-electron chi connectivity index (χ2n) is 8.21. The van der Waals surface area contributed by atoms with Gasteiger partial charge < -0.3 is 4.74 Å². The van der Waals surface area contributed by atoms with Crippen molar-refractivity contribution in [2.45, 2.75) is 32.0 Å². The molecule has 0 saturated heterocycles. The Morgan fingerprint density at radius 3 is 2.14 bits per heavy atom. The summed E-state index contributed by atoms with van der Waals surface area (Å²) in [5.41, 5.74) is 5.65. The average Bonchev–Trinajstić information content (AvgIpc) is 3.51. The van der Waals surface area contributed by atoms with Crippen LogP contribution in [0.15, 0.2) is 61.2 Å². The molecule has 3 atom stereocenters. The largest absolute Gasteiger partial charge is 0.573 e. The highest BCUT2D eigenvalue weighted by molar-refractivity contribution is 5.69. The van der Waals surface area contributed by atoms with Gasteiger partial charge in [0.15, 0.2) is 0 Å². The first-order valence-corrected chi connectivity index (χ1v) is 9.48. The van der Waals surface area contributed by atoms with Gasteiger partial charge in [-0.05, 0) is 59.1 Å². The number of fused-ring (bicyclic) bond motifs is 1. The Bertz CT molecular complexity index is 1080. The van der Waals surface area contributed by atoms with E-state index in [9.17, 15) is 13.2 Å². The van der Waals surface area contributed by atoms with Gasteiger partial charge in [-0.15, -0.1) is 13.2 Å². The second-order valence-corrected chi connectivity index (χ2v) is 8.21. The monoisotopic (exact) mass is 396 g/mol. The lowest BCUT2D eigenvalue weighted by Gasteiger charge is -2.28. The molecule has 2 aliphatic rings. The molecule has 0 spiro atoms. The van der Waals surface area contributed by atoms with E-state index in [4.69, 9.17) is 0 Å². The summed E-state index contributed by atoms with van der Waals surface area (Å²) in [6, 6.07) is 12.3. The van der Waals surface area contributed by atoms with Crippen molar-refractivity contribution in [3.63, 3.8) is 0 Å². The lowest BCUT2D eigenvalue weighted by Crippen LogP contribution is -2.24. The Labute approximate surface area is 166 Å². The molecule has 2 fully saturated rings. The number of hydrogen-bond acceptors (Lipinski definition) is 3. The van der Waals surface area contributed by atoms with Crippen LogP contribution < -0.4 is 4.74 Å². The third-order valence-corrected chi connectivity index (χ3v) is 6.67. The fourth-order valence-electron chi connectivity index (χ4n) is 5.14.